The second-order valence-electron chi connectivity index (χ2n) is 8.55. The fourth-order valence-electron chi connectivity index (χ4n) is 3.81. The van der Waals surface area contributed by atoms with E-state index in [0.717, 1.165) is 24.1 Å². The summed E-state index contributed by atoms with van der Waals surface area (Å²) in [6, 6.07) is 4.80. The van der Waals surface area contributed by atoms with E-state index < -0.39 is 6.61 Å². The molecule has 2 amide bonds. The number of nitrogens with one attached hydrogen (secondary N) is 1. The van der Waals surface area contributed by atoms with Crippen LogP contribution in [-0.4, -0.2) is 48.0 Å². The first-order chi connectivity index (χ1) is 15.9. The van der Waals surface area contributed by atoms with Gasteiger partial charge in [0.15, 0.2) is 16.6 Å². The molecule has 2 aromatic rings. The number of rotatable bonds is 10. The molecule has 1 saturated heterocycles. The largest absolute Gasteiger partial charge is 0.489 e. The van der Waals surface area contributed by atoms with Crippen LogP contribution in [0.1, 0.15) is 42.4 Å². The summed E-state index contributed by atoms with van der Waals surface area (Å²) >= 11 is 1.35. The van der Waals surface area contributed by atoms with Gasteiger partial charge in [0.05, 0.1) is 18.8 Å². The zero-order chi connectivity index (χ0) is 22.9. The monoisotopic (exact) mass is 475 g/mol. The number of anilines is 1. The van der Waals surface area contributed by atoms with E-state index in [1.807, 2.05) is 17.5 Å². The fourth-order valence-corrected chi connectivity index (χ4v) is 4.58. The Morgan fingerprint density at radius 2 is 2.09 bits per heavy atom. The molecule has 1 aliphatic heterocycles. The average molecular weight is 476 g/mol. The summed E-state index contributed by atoms with van der Waals surface area (Å²) in [5.41, 5.74) is 1.70. The maximum absolute atomic E-state index is 12.8. The van der Waals surface area contributed by atoms with Gasteiger partial charge in [-0.05, 0) is 36.5 Å². The molecule has 1 atom stereocenters. The molecule has 1 N–H and O–H groups in total. The van der Waals surface area contributed by atoms with Crippen LogP contribution in [0.2, 0.25) is 0 Å². The van der Waals surface area contributed by atoms with E-state index in [4.69, 9.17) is 4.74 Å². The van der Waals surface area contributed by atoms with E-state index in [0.29, 0.717) is 24.2 Å². The van der Waals surface area contributed by atoms with E-state index >= 15 is 0 Å². The van der Waals surface area contributed by atoms with E-state index in [1.165, 1.54) is 22.3 Å². The lowest BCUT2D eigenvalue weighted by molar-refractivity contribution is -0.131. The quantitative estimate of drug-likeness (QED) is 0.523. The number of carbonyl (C=O) groups is 2. The van der Waals surface area contributed by atoms with Crippen LogP contribution in [-0.2, 0) is 9.59 Å². The number of amides is 2. The first-order valence-corrected chi connectivity index (χ1v) is 11.8. The number of alkyl halides is 2. The number of benzene rings is 1. The van der Waals surface area contributed by atoms with Crippen LogP contribution in [0, 0.1) is 5.92 Å². The molecular formula is C23H23F2N3O4S. The molecule has 5 rings (SSSR count). The van der Waals surface area contributed by atoms with E-state index in [2.05, 4.69) is 15.0 Å². The third-order valence-corrected chi connectivity index (χ3v) is 6.65. The summed E-state index contributed by atoms with van der Waals surface area (Å²) in [5, 5.41) is 5.17. The normalized spacial score (nSPS) is 19.9. The molecule has 174 valence electrons. The van der Waals surface area contributed by atoms with Gasteiger partial charge in [-0.3, -0.25) is 9.59 Å². The third kappa shape index (κ3) is 5.50. The molecule has 2 heterocycles. The number of thiazole rings is 1. The number of ether oxygens (including phenoxy) is 2. The van der Waals surface area contributed by atoms with Crippen LogP contribution in [0.5, 0.6) is 11.5 Å². The first-order valence-electron chi connectivity index (χ1n) is 10.9. The molecule has 1 aromatic heterocycles. The highest BCUT2D eigenvalue weighted by atomic mass is 32.1. The van der Waals surface area contributed by atoms with E-state index in [-0.39, 0.29) is 48.1 Å². The van der Waals surface area contributed by atoms with Gasteiger partial charge in [0.1, 0.15) is 0 Å². The molecule has 2 aliphatic carbocycles. The molecule has 3 aliphatic rings. The van der Waals surface area contributed by atoms with Crippen molar-refractivity contribution in [2.24, 2.45) is 5.92 Å². The highest BCUT2D eigenvalue weighted by molar-refractivity contribution is 7.14. The minimum absolute atomic E-state index is 0.0147. The minimum atomic E-state index is -2.95. The van der Waals surface area contributed by atoms with E-state index in [9.17, 15) is 18.4 Å². The van der Waals surface area contributed by atoms with Crippen molar-refractivity contribution in [1.82, 2.24) is 9.88 Å². The van der Waals surface area contributed by atoms with E-state index in [1.54, 1.807) is 12.1 Å². The standard InChI is InChI=1S/C23H23F2N3O4S/c24-22(25)32-18-6-5-15(7-19(18)31-11-13-1-2-13)16-8-21(30)28(9-16)10-20(29)27-23-26-17(12-33-23)14-3-4-14/h3-7,12-14,16,22H,1-2,8-11H2,(H,26,27,29)/t16-/m1/s1. The van der Waals surface area contributed by atoms with Gasteiger partial charge in [-0.1, -0.05) is 18.2 Å². The lowest BCUT2D eigenvalue weighted by Crippen LogP contribution is -2.34. The highest BCUT2D eigenvalue weighted by Crippen LogP contribution is 2.38. The van der Waals surface area contributed by atoms with Crippen molar-refractivity contribution in [3.05, 3.63) is 47.0 Å². The smallest absolute Gasteiger partial charge is 0.387 e. The molecule has 1 saturated carbocycles. The Hall–Kier alpha value is -3.01. The van der Waals surface area contributed by atoms with Crippen LogP contribution in [0.3, 0.4) is 0 Å². The van der Waals surface area contributed by atoms with Crippen molar-refractivity contribution in [2.75, 3.05) is 25.0 Å². The molecule has 7 nitrogen and oxygen atoms in total. The summed E-state index contributed by atoms with van der Waals surface area (Å²) in [7, 11) is 0. The molecular weight excluding hydrogens is 452 g/mol. The van der Waals surface area contributed by atoms with Crippen molar-refractivity contribution in [1.29, 1.82) is 0 Å². The summed E-state index contributed by atoms with van der Waals surface area (Å²) < 4.78 is 35.9. The Kier molecular flexibility index (Phi) is 6.01. The molecule has 0 bridgehead atoms. The molecule has 0 radical (unpaired) electrons. The number of hydrogen-bond acceptors (Lipinski definition) is 6. The van der Waals surface area contributed by atoms with Crippen LogP contribution < -0.4 is 14.8 Å². The van der Waals surface area contributed by atoms with Crippen LogP contribution >= 0.6 is 11.3 Å². The van der Waals surface area contributed by atoms with Crippen LogP contribution in [0.15, 0.2) is 35.7 Å². The minimum Gasteiger partial charge on any atom is -0.489 e. The molecule has 33 heavy (non-hydrogen) atoms. The van der Waals surface area contributed by atoms with Gasteiger partial charge in [-0.2, -0.15) is 8.78 Å². The van der Waals surface area contributed by atoms with Gasteiger partial charge in [-0.25, -0.2) is 4.98 Å². The van der Waals surface area contributed by atoms with Crippen LogP contribution in [0.4, 0.5) is 13.9 Å². The fraction of sp³-hybridized carbons (Fsp3) is 0.435. The number of allylic oxidation sites excluding steroid dienone is 2. The van der Waals surface area contributed by atoms with Gasteiger partial charge >= 0.3 is 6.61 Å². The van der Waals surface area contributed by atoms with Crippen molar-refractivity contribution < 1.29 is 27.8 Å². The number of nitrogens with zero attached hydrogens (tertiary/aromatic N) is 2. The molecule has 0 unspecified atom stereocenters. The third-order valence-electron chi connectivity index (χ3n) is 5.87. The van der Waals surface area contributed by atoms with Crippen LogP contribution in [0.25, 0.3) is 0 Å². The lowest BCUT2D eigenvalue weighted by atomic mass is 9.98. The summed E-state index contributed by atoms with van der Waals surface area (Å²) in [6.07, 6.45) is 6.42. The van der Waals surface area contributed by atoms with Gasteiger partial charge in [-0.15, -0.1) is 11.3 Å². The van der Waals surface area contributed by atoms with Gasteiger partial charge in [0.2, 0.25) is 11.8 Å². The van der Waals surface area contributed by atoms with Crippen molar-refractivity contribution >= 4 is 28.3 Å². The maximum Gasteiger partial charge on any atom is 0.387 e. The highest BCUT2D eigenvalue weighted by Gasteiger charge is 2.33. The Bertz CT molecular complexity index is 1080. The Morgan fingerprint density at radius 3 is 2.82 bits per heavy atom. The molecule has 2 fully saturated rings. The van der Waals surface area contributed by atoms with Gasteiger partial charge in [0, 0.05) is 30.2 Å². The Labute approximate surface area is 193 Å². The molecule has 0 spiro atoms. The second-order valence-corrected chi connectivity index (χ2v) is 9.41. The van der Waals surface area contributed by atoms with Crippen molar-refractivity contribution in [2.45, 2.75) is 37.7 Å². The topological polar surface area (TPSA) is 80.8 Å². The SMILES string of the molecule is O=C(CN1C[C@H](c2ccc(OC(F)F)c(OCC3CC3)c2)CC1=O)Nc1nc(C2C=C2)cs1. The average Bonchev–Trinajstić information content (AvgIpc) is 3.70. The Balaban J connectivity index is 1.21. The first kappa shape index (κ1) is 21.8. The number of carbonyl (C=O) groups excluding carboxylic acids is 2. The summed E-state index contributed by atoms with van der Waals surface area (Å²) in [6.45, 7) is -2.20. The predicted octanol–water partition coefficient (Wildman–Crippen LogP) is 4.14. The Morgan fingerprint density at radius 1 is 1.27 bits per heavy atom. The second kappa shape index (κ2) is 9.09. The molecule has 10 heteroatoms. The number of likely N-dealkylation sites (tertiary alicyclic amines) is 1. The maximum atomic E-state index is 12.8. The molecule has 1 aromatic carbocycles. The van der Waals surface area contributed by atoms with Crippen molar-refractivity contribution in [3.8, 4) is 11.5 Å². The van der Waals surface area contributed by atoms with Crippen molar-refractivity contribution in [3.63, 3.8) is 0 Å². The predicted molar refractivity (Wildman–Crippen MR) is 118 cm³/mol. The zero-order valence-electron chi connectivity index (χ0n) is 17.7. The summed E-state index contributed by atoms with van der Waals surface area (Å²) in [4.78, 5) is 30.9. The lowest BCUT2D eigenvalue weighted by Gasteiger charge is -2.17. The number of halogens is 2. The van der Waals surface area contributed by atoms with Gasteiger partial charge in [0.25, 0.3) is 0 Å². The number of aromatic nitrogens is 1. The zero-order valence-corrected chi connectivity index (χ0v) is 18.5. The number of hydrogen-bond donors (Lipinski definition) is 1. The summed E-state index contributed by atoms with van der Waals surface area (Å²) in [5.74, 6) is 0.357. The van der Waals surface area contributed by atoms with Gasteiger partial charge < -0.3 is 19.7 Å².